The van der Waals surface area contributed by atoms with Crippen LogP contribution in [0.2, 0.25) is 0 Å². The molecule has 11 heteroatoms. The van der Waals surface area contributed by atoms with E-state index in [0.717, 1.165) is 21.8 Å². The standard InChI is InChI=1S/C20H19FN6O3S/c1-10-5-15(24-27-7-11(2)22-18(10)27)14-6-17(28)26-9-16(31-19(26)23-14)12-3-4-25(20(29)30)8-13(12)21/h5-7,9,12-13H,3-4,8H2,1-2H3,(H,29,30)/t12-,13-/m1/s1. The average molecular weight is 442 g/mol. The van der Waals surface area contributed by atoms with Crippen LogP contribution in [0.5, 0.6) is 0 Å². The second kappa shape index (κ2) is 7.12. The molecule has 9 nitrogen and oxygen atoms in total. The van der Waals surface area contributed by atoms with Gasteiger partial charge < -0.3 is 10.0 Å². The fourth-order valence-corrected chi connectivity index (χ4v) is 5.16. The van der Waals surface area contributed by atoms with E-state index in [1.54, 1.807) is 10.7 Å². The van der Waals surface area contributed by atoms with Gasteiger partial charge in [0.2, 0.25) is 0 Å². The monoisotopic (exact) mass is 442 g/mol. The zero-order valence-electron chi connectivity index (χ0n) is 16.8. The summed E-state index contributed by atoms with van der Waals surface area (Å²) in [6, 6.07) is 3.26. The first-order chi connectivity index (χ1) is 14.8. The first-order valence-corrected chi connectivity index (χ1v) is 10.6. The molecule has 1 amide bonds. The summed E-state index contributed by atoms with van der Waals surface area (Å²) in [7, 11) is 0. The van der Waals surface area contributed by atoms with E-state index in [4.69, 9.17) is 5.11 Å². The van der Waals surface area contributed by atoms with E-state index < -0.39 is 18.2 Å². The Hall–Kier alpha value is -3.34. The lowest BCUT2D eigenvalue weighted by Crippen LogP contribution is -2.43. The SMILES string of the molecule is Cc1cn2nc(-c3cc(=O)n4cc([C@@H]5CCN(C(=O)O)C[C@H]5F)sc4n3)cc(C)c2n1. The third-order valence-corrected chi connectivity index (χ3v) is 6.67. The smallest absolute Gasteiger partial charge is 0.407 e. The number of halogens is 1. The lowest BCUT2D eigenvalue weighted by Gasteiger charge is -2.32. The fraction of sp³-hybridized carbons (Fsp3) is 0.350. The highest BCUT2D eigenvalue weighted by Crippen LogP contribution is 2.34. The molecule has 1 aliphatic rings. The number of thiazole rings is 1. The highest BCUT2D eigenvalue weighted by Gasteiger charge is 2.34. The number of likely N-dealkylation sites (tertiary alicyclic amines) is 1. The first kappa shape index (κ1) is 19.6. The van der Waals surface area contributed by atoms with E-state index in [-0.39, 0.29) is 18.6 Å². The Morgan fingerprint density at radius 2 is 2.03 bits per heavy atom. The van der Waals surface area contributed by atoms with Gasteiger partial charge in [-0.2, -0.15) is 5.10 Å². The number of carbonyl (C=O) groups is 1. The first-order valence-electron chi connectivity index (χ1n) is 9.79. The van der Waals surface area contributed by atoms with E-state index in [9.17, 15) is 14.0 Å². The van der Waals surface area contributed by atoms with Gasteiger partial charge in [-0.25, -0.2) is 23.7 Å². The Balaban J connectivity index is 1.54. The lowest BCUT2D eigenvalue weighted by molar-refractivity contribution is 0.0969. The number of nitrogens with zero attached hydrogens (tertiary/aromatic N) is 6. The van der Waals surface area contributed by atoms with Crippen LogP contribution in [-0.2, 0) is 0 Å². The molecule has 0 saturated carbocycles. The maximum Gasteiger partial charge on any atom is 0.407 e. The molecular weight excluding hydrogens is 423 g/mol. The number of amides is 1. The van der Waals surface area contributed by atoms with Gasteiger partial charge in [0.05, 0.1) is 24.1 Å². The Labute approximate surface area is 179 Å². The minimum absolute atomic E-state index is 0.171. The summed E-state index contributed by atoms with van der Waals surface area (Å²) in [5, 5.41) is 13.6. The zero-order chi connectivity index (χ0) is 21.9. The van der Waals surface area contributed by atoms with E-state index >= 15 is 0 Å². The number of aryl methyl sites for hydroxylation is 2. The van der Waals surface area contributed by atoms with Crippen molar-refractivity contribution in [1.82, 2.24) is 28.9 Å². The van der Waals surface area contributed by atoms with Crippen molar-refractivity contribution < 1.29 is 14.3 Å². The molecule has 0 radical (unpaired) electrons. The second-order valence-electron chi connectivity index (χ2n) is 7.77. The summed E-state index contributed by atoms with van der Waals surface area (Å²) in [5.41, 5.74) is 3.22. The van der Waals surface area contributed by atoms with Crippen LogP contribution in [0.25, 0.3) is 22.0 Å². The van der Waals surface area contributed by atoms with Gasteiger partial charge in [0.25, 0.3) is 5.56 Å². The predicted octanol–water partition coefficient (Wildman–Crippen LogP) is 2.89. The van der Waals surface area contributed by atoms with Gasteiger partial charge in [0.1, 0.15) is 11.9 Å². The summed E-state index contributed by atoms with van der Waals surface area (Å²) in [6.07, 6.45) is 1.34. The van der Waals surface area contributed by atoms with E-state index in [1.165, 1.54) is 21.8 Å². The molecular formula is C20H19FN6O3S. The van der Waals surface area contributed by atoms with E-state index in [0.29, 0.717) is 27.6 Å². The van der Waals surface area contributed by atoms with Crippen molar-refractivity contribution in [1.29, 1.82) is 0 Å². The minimum Gasteiger partial charge on any atom is -0.465 e. The molecule has 1 saturated heterocycles. The van der Waals surface area contributed by atoms with Gasteiger partial charge >= 0.3 is 6.09 Å². The van der Waals surface area contributed by atoms with Crippen LogP contribution in [0.15, 0.2) is 29.3 Å². The van der Waals surface area contributed by atoms with Crippen LogP contribution >= 0.6 is 11.3 Å². The van der Waals surface area contributed by atoms with Gasteiger partial charge in [-0.3, -0.25) is 9.20 Å². The van der Waals surface area contributed by atoms with Gasteiger partial charge in [-0.15, -0.1) is 11.3 Å². The van der Waals surface area contributed by atoms with Gasteiger partial charge in [-0.05, 0) is 31.9 Å². The van der Waals surface area contributed by atoms with Crippen molar-refractivity contribution in [2.24, 2.45) is 0 Å². The second-order valence-corrected chi connectivity index (χ2v) is 8.81. The topological polar surface area (TPSA) is 105 Å². The van der Waals surface area contributed by atoms with E-state index in [2.05, 4.69) is 15.1 Å². The third kappa shape index (κ3) is 3.34. The summed E-state index contributed by atoms with van der Waals surface area (Å²) >= 11 is 1.25. The van der Waals surface area contributed by atoms with Gasteiger partial charge in [-0.1, -0.05) is 0 Å². The fourth-order valence-electron chi connectivity index (χ4n) is 3.99. The molecule has 31 heavy (non-hydrogen) atoms. The molecule has 4 aromatic heterocycles. The van der Waals surface area contributed by atoms with Crippen molar-refractivity contribution in [3.05, 3.63) is 51.0 Å². The molecule has 1 aliphatic heterocycles. The number of carboxylic acid groups (broad SMARTS) is 1. The normalized spacial score (nSPS) is 19.4. The largest absolute Gasteiger partial charge is 0.465 e. The van der Waals surface area contributed by atoms with E-state index in [1.807, 2.05) is 26.1 Å². The molecule has 2 atom stereocenters. The van der Waals surface area contributed by atoms with Gasteiger partial charge in [0, 0.05) is 29.6 Å². The maximum absolute atomic E-state index is 14.7. The quantitative estimate of drug-likeness (QED) is 0.512. The molecule has 160 valence electrons. The summed E-state index contributed by atoms with van der Waals surface area (Å²) in [4.78, 5) is 35.1. The van der Waals surface area contributed by atoms with Crippen molar-refractivity contribution >= 4 is 28.0 Å². The van der Waals surface area contributed by atoms with Crippen LogP contribution < -0.4 is 5.56 Å². The van der Waals surface area contributed by atoms with Crippen LogP contribution in [0.3, 0.4) is 0 Å². The Kier molecular flexibility index (Phi) is 4.50. The highest BCUT2D eigenvalue weighted by atomic mass is 32.1. The van der Waals surface area contributed by atoms with Crippen LogP contribution in [0.1, 0.15) is 28.5 Å². The van der Waals surface area contributed by atoms with Crippen molar-refractivity contribution in [3.8, 4) is 11.4 Å². The number of aromatic nitrogens is 5. The van der Waals surface area contributed by atoms with Gasteiger partial charge in [0.15, 0.2) is 10.6 Å². The molecule has 0 aromatic carbocycles. The lowest BCUT2D eigenvalue weighted by atomic mass is 9.94. The van der Waals surface area contributed by atoms with Crippen LogP contribution in [0, 0.1) is 13.8 Å². The third-order valence-electron chi connectivity index (χ3n) is 5.55. The molecule has 0 aliphatic carbocycles. The Morgan fingerprint density at radius 3 is 2.77 bits per heavy atom. The summed E-state index contributed by atoms with van der Waals surface area (Å²) in [5.74, 6) is -0.462. The molecule has 5 heterocycles. The average Bonchev–Trinajstić information content (AvgIpc) is 3.31. The molecule has 1 N–H and O–H groups in total. The molecule has 5 rings (SSSR count). The van der Waals surface area contributed by atoms with Crippen molar-refractivity contribution in [3.63, 3.8) is 0 Å². The molecule has 1 fully saturated rings. The number of rotatable bonds is 2. The number of fused-ring (bicyclic) bond motifs is 2. The number of alkyl halides is 1. The maximum atomic E-state index is 14.7. The number of hydrogen-bond donors (Lipinski definition) is 1. The zero-order valence-corrected chi connectivity index (χ0v) is 17.6. The Morgan fingerprint density at radius 1 is 1.23 bits per heavy atom. The number of imidazole rings is 1. The molecule has 4 aromatic rings. The minimum atomic E-state index is -1.33. The Bertz CT molecular complexity index is 1390. The number of piperidine rings is 1. The highest BCUT2D eigenvalue weighted by molar-refractivity contribution is 7.17. The van der Waals surface area contributed by atoms with Crippen LogP contribution in [0.4, 0.5) is 9.18 Å². The summed E-state index contributed by atoms with van der Waals surface area (Å²) in [6.45, 7) is 3.90. The molecule has 0 spiro atoms. The summed E-state index contributed by atoms with van der Waals surface area (Å²) < 4.78 is 17.8. The number of hydrogen-bond acceptors (Lipinski definition) is 6. The molecule has 0 unspecified atom stereocenters. The van der Waals surface area contributed by atoms with Crippen LogP contribution in [-0.4, -0.2) is 59.3 Å². The predicted molar refractivity (Wildman–Crippen MR) is 113 cm³/mol. The molecule has 0 bridgehead atoms. The van der Waals surface area contributed by atoms with Crippen molar-refractivity contribution in [2.75, 3.05) is 13.1 Å². The van der Waals surface area contributed by atoms with Crippen molar-refractivity contribution in [2.45, 2.75) is 32.4 Å².